The molecule has 0 radical (unpaired) electrons. The fourth-order valence-electron chi connectivity index (χ4n) is 2.05. The molecule has 0 fully saturated rings. The number of aromatic nitrogens is 3. The van der Waals surface area contributed by atoms with E-state index >= 15 is 0 Å². The van der Waals surface area contributed by atoms with Gasteiger partial charge in [-0.05, 0) is 29.8 Å². The van der Waals surface area contributed by atoms with E-state index in [0.717, 1.165) is 0 Å². The zero-order valence-corrected chi connectivity index (χ0v) is 11.7. The van der Waals surface area contributed by atoms with E-state index in [2.05, 4.69) is 14.9 Å². The maximum Gasteiger partial charge on any atom is 0.442 e. The van der Waals surface area contributed by atoms with Crippen LogP contribution < -0.4 is 10.5 Å². The van der Waals surface area contributed by atoms with E-state index < -0.39 is 12.4 Å². The van der Waals surface area contributed by atoms with Crippen molar-refractivity contribution in [1.82, 2.24) is 14.7 Å². The summed E-state index contributed by atoms with van der Waals surface area (Å²) in [6.45, 7) is -2.71. The fourth-order valence-corrected chi connectivity index (χ4v) is 2.05. The summed E-state index contributed by atoms with van der Waals surface area (Å²) in [6, 6.07) is 11.2. The SMILES string of the molecule is O=c1onc(-c2ccccn2)n1Cc1ccc(OC(F)F)cc1. The second-order valence-corrected chi connectivity index (χ2v) is 4.60. The molecule has 2 heterocycles. The van der Waals surface area contributed by atoms with Gasteiger partial charge < -0.3 is 4.74 Å². The third-order valence-electron chi connectivity index (χ3n) is 3.07. The van der Waals surface area contributed by atoms with Crippen molar-refractivity contribution in [3.05, 3.63) is 64.8 Å². The van der Waals surface area contributed by atoms with Crippen LogP contribution in [0.1, 0.15) is 5.56 Å². The number of hydrogen-bond donors (Lipinski definition) is 0. The topological polar surface area (TPSA) is 70.2 Å². The Morgan fingerprint density at radius 1 is 1.17 bits per heavy atom. The Balaban J connectivity index is 1.86. The molecule has 0 N–H and O–H groups in total. The lowest BCUT2D eigenvalue weighted by Crippen LogP contribution is -2.16. The first-order valence-corrected chi connectivity index (χ1v) is 6.65. The molecule has 1 aromatic carbocycles. The van der Waals surface area contributed by atoms with Crippen molar-refractivity contribution in [3.8, 4) is 17.3 Å². The van der Waals surface area contributed by atoms with Crippen LogP contribution in [0.2, 0.25) is 0 Å². The predicted molar refractivity (Wildman–Crippen MR) is 76.2 cm³/mol. The molecule has 0 saturated carbocycles. The average Bonchev–Trinajstić information content (AvgIpc) is 2.91. The molecule has 118 valence electrons. The van der Waals surface area contributed by atoms with Crippen molar-refractivity contribution >= 4 is 0 Å². The highest BCUT2D eigenvalue weighted by Gasteiger charge is 2.14. The van der Waals surface area contributed by atoms with Crippen LogP contribution in [-0.4, -0.2) is 21.3 Å². The van der Waals surface area contributed by atoms with E-state index in [4.69, 9.17) is 4.52 Å². The summed E-state index contributed by atoms with van der Waals surface area (Å²) in [5.41, 5.74) is 1.20. The van der Waals surface area contributed by atoms with Crippen LogP contribution in [0.4, 0.5) is 8.78 Å². The van der Waals surface area contributed by atoms with Gasteiger partial charge in [0.15, 0.2) is 0 Å². The summed E-state index contributed by atoms with van der Waals surface area (Å²) in [7, 11) is 0. The summed E-state index contributed by atoms with van der Waals surface area (Å²) in [5.74, 6) is -0.284. The molecule has 0 unspecified atom stereocenters. The van der Waals surface area contributed by atoms with Crippen molar-refractivity contribution in [2.75, 3.05) is 0 Å². The van der Waals surface area contributed by atoms with E-state index in [1.807, 2.05) is 0 Å². The first kappa shape index (κ1) is 14.9. The number of alkyl halides is 2. The highest BCUT2D eigenvalue weighted by molar-refractivity contribution is 5.48. The normalized spacial score (nSPS) is 10.9. The highest BCUT2D eigenvalue weighted by Crippen LogP contribution is 2.17. The van der Waals surface area contributed by atoms with E-state index in [1.165, 1.54) is 16.7 Å². The van der Waals surface area contributed by atoms with Crippen molar-refractivity contribution in [2.24, 2.45) is 0 Å². The zero-order chi connectivity index (χ0) is 16.2. The minimum Gasteiger partial charge on any atom is -0.435 e. The molecule has 2 aromatic heterocycles. The van der Waals surface area contributed by atoms with Gasteiger partial charge in [-0.3, -0.25) is 14.1 Å². The van der Waals surface area contributed by atoms with Crippen molar-refractivity contribution < 1.29 is 18.0 Å². The van der Waals surface area contributed by atoms with Gasteiger partial charge in [-0.25, -0.2) is 4.79 Å². The average molecular weight is 319 g/mol. The van der Waals surface area contributed by atoms with E-state index in [0.29, 0.717) is 17.1 Å². The Hall–Kier alpha value is -3.03. The third kappa shape index (κ3) is 3.42. The largest absolute Gasteiger partial charge is 0.442 e. The number of halogens is 2. The molecular formula is C15H11F2N3O3. The van der Waals surface area contributed by atoms with Gasteiger partial charge in [-0.1, -0.05) is 23.4 Å². The molecule has 0 spiro atoms. The Labute approximate surface area is 128 Å². The summed E-state index contributed by atoms with van der Waals surface area (Å²) >= 11 is 0. The van der Waals surface area contributed by atoms with Gasteiger partial charge in [0.25, 0.3) is 0 Å². The van der Waals surface area contributed by atoms with Crippen molar-refractivity contribution in [3.63, 3.8) is 0 Å². The van der Waals surface area contributed by atoms with Crippen molar-refractivity contribution in [1.29, 1.82) is 0 Å². The van der Waals surface area contributed by atoms with E-state index in [1.54, 1.807) is 36.5 Å². The van der Waals surface area contributed by atoms with Crippen LogP contribution in [-0.2, 0) is 6.54 Å². The second-order valence-electron chi connectivity index (χ2n) is 4.60. The molecule has 3 aromatic rings. The lowest BCUT2D eigenvalue weighted by atomic mass is 10.2. The monoisotopic (exact) mass is 319 g/mol. The maximum absolute atomic E-state index is 12.1. The molecular weight excluding hydrogens is 308 g/mol. The smallest absolute Gasteiger partial charge is 0.435 e. The number of hydrogen-bond acceptors (Lipinski definition) is 5. The van der Waals surface area contributed by atoms with Gasteiger partial charge in [0.2, 0.25) is 5.82 Å². The molecule has 0 aliphatic rings. The van der Waals surface area contributed by atoms with Crippen LogP contribution in [0.5, 0.6) is 5.75 Å². The van der Waals surface area contributed by atoms with Gasteiger partial charge in [0.1, 0.15) is 11.4 Å². The van der Waals surface area contributed by atoms with E-state index in [-0.39, 0.29) is 12.3 Å². The standard InChI is InChI=1S/C15H11F2N3O3/c16-14(17)22-11-6-4-10(5-7-11)9-20-13(19-23-15(20)21)12-3-1-2-8-18-12/h1-8,14H,9H2. The Bertz CT molecular complexity index is 829. The van der Waals surface area contributed by atoms with Gasteiger partial charge in [-0.15, -0.1) is 0 Å². The minimum absolute atomic E-state index is 0.0476. The zero-order valence-electron chi connectivity index (χ0n) is 11.7. The number of pyridine rings is 1. The summed E-state index contributed by atoms with van der Waals surface area (Å²) in [4.78, 5) is 15.9. The quantitative estimate of drug-likeness (QED) is 0.723. The summed E-state index contributed by atoms with van der Waals surface area (Å²) < 4.78 is 34.5. The molecule has 0 aliphatic carbocycles. The summed E-state index contributed by atoms with van der Waals surface area (Å²) in [6.07, 6.45) is 1.58. The lowest BCUT2D eigenvalue weighted by Gasteiger charge is -2.07. The number of nitrogens with zero attached hydrogens (tertiary/aromatic N) is 3. The van der Waals surface area contributed by atoms with Gasteiger partial charge >= 0.3 is 12.4 Å². The maximum atomic E-state index is 12.1. The van der Waals surface area contributed by atoms with Gasteiger partial charge in [-0.2, -0.15) is 8.78 Å². The van der Waals surface area contributed by atoms with Crippen molar-refractivity contribution in [2.45, 2.75) is 13.2 Å². The highest BCUT2D eigenvalue weighted by atomic mass is 19.3. The van der Waals surface area contributed by atoms with Gasteiger partial charge in [0.05, 0.1) is 6.54 Å². The van der Waals surface area contributed by atoms with Crippen LogP contribution in [0.3, 0.4) is 0 Å². The number of benzene rings is 1. The van der Waals surface area contributed by atoms with E-state index in [9.17, 15) is 13.6 Å². The van der Waals surface area contributed by atoms with Crippen LogP contribution in [0, 0.1) is 0 Å². The lowest BCUT2D eigenvalue weighted by molar-refractivity contribution is -0.0498. The molecule has 0 atom stereocenters. The Kier molecular flexibility index (Phi) is 4.13. The number of rotatable bonds is 5. The first-order valence-electron chi connectivity index (χ1n) is 6.65. The predicted octanol–water partition coefficient (Wildman–Crippen LogP) is 2.55. The van der Waals surface area contributed by atoms with Crippen LogP contribution in [0.25, 0.3) is 11.5 Å². The molecule has 8 heteroatoms. The van der Waals surface area contributed by atoms with Crippen LogP contribution >= 0.6 is 0 Å². The van der Waals surface area contributed by atoms with Gasteiger partial charge in [0, 0.05) is 6.20 Å². The molecule has 3 rings (SSSR count). The summed E-state index contributed by atoms with van der Waals surface area (Å²) in [5, 5.41) is 3.73. The Morgan fingerprint density at radius 3 is 2.61 bits per heavy atom. The fraction of sp³-hybridized carbons (Fsp3) is 0.133. The molecule has 0 bridgehead atoms. The molecule has 0 saturated heterocycles. The number of ether oxygens (including phenoxy) is 1. The molecule has 6 nitrogen and oxygen atoms in total. The second kappa shape index (κ2) is 6.39. The Morgan fingerprint density at radius 2 is 1.96 bits per heavy atom. The third-order valence-corrected chi connectivity index (χ3v) is 3.07. The minimum atomic E-state index is -2.88. The molecule has 0 aliphatic heterocycles. The first-order chi connectivity index (χ1) is 11.1. The molecule has 0 amide bonds. The van der Waals surface area contributed by atoms with Crippen LogP contribution in [0.15, 0.2) is 58.0 Å². The molecule has 23 heavy (non-hydrogen) atoms.